The Morgan fingerprint density at radius 3 is 3.00 bits per heavy atom. The van der Waals surface area contributed by atoms with Crippen LogP contribution in [-0.2, 0) is 4.74 Å². The highest BCUT2D eigenvalue weighted by Crippen LogP contribution is 2.06. The van der Waals surface area contributed by atoms with Crippen LogP contribution in [0.4, 0.5) is 8.78 Å². The van der Waals surface area contributed by atoms with Gasteiger partial charge in [-0.3, -0.25) is 4.90 Å². The lowest BCUT2D eigenvalue weighted by Gasteiger charge is -2.32. The number of ether oxygens (including phenoxy) is 1. The molecule has 0 aromatic rings. The van der Waals surface area contributed by atoms with E-state index in [0.29, 0.717) is 19.7 Å². The molecule has 1 rings (SSSR count). The van der Waals surface area contributed by atoms with Crippen molar-refractivity contribution >= 4 is 0 Å². The van der Waals surface area contributed by atoms with E-state index in [0.717, 1.165) is 6.54 Å². The molecule has 1 unspecified atom stereocenters. The van der Waals surface area contributed by atoms with Crippen molar-refractivity contribution in [3.63, 3.8) is 0 Å². The molecule has 78 valence electrons. The molecule has 0 aliphatic carbocycles. The van der Waals surface area contributed by atoms with E-state index in [4.69, 9.17) is 4.74 Å². The molecule has 1 N–H and O–H groups in total. The smallest absolute Gasteiger partial charge is 0.251 e. The Labute approximate surface area is 77.0 Å². The Kier molecular flexibility index (Phi) is 4.55. The van der Waals surface area contributed by atoms with E-state index < -0.39 is 6.43 Å². The Bertz CT molecular complexity index is 144. The van der Waals surface area contributed by atoms with Crippen molar-refractivity contribution in [2.45, 2.75) is 12.5 Å². The molecule has 1 saturated heterocycles. The van der Waals surface area contributed by atoms with Crippen LogP contribution >= 0.6 is 0 Å². The molecular formula is C8H16F2N2O. The van der Waals surface area contributed by atoms with Crippen molar-refractivity contribution in [2.75, 3.05) is 39.8 Å². The lowest BCUT2D eigenvalue weighted by molar-refractivity contribution is -0.0426. The quantitative estimate of drug-likeness (QED) is 0.690. The first kappa shape index (κ1) is 10.8. The minimum Gasteiger partial charge on any atom is -0.374 e. The van der Waals surface area contributed by atoms with Gasteiger partial charge in [-0.1, -0.05) is 0 Å². The molecule has 0 aromatic heterocycles. The maximum Gasteiger partial charge on any atom is 0.251 e. The summed E-state index contributed by atoms with van der Waals surface area (Å²) in [5.41, 5.74) is 0. The van der Waals surface area contributed by atoms with Gasteiger partial charge in [0.05, 0.1) is 19.3 Å². The van der Waals surface area contributed by atoms with Gasteiger partial charge in [-0.2, -0.15) is 0 Å². The van der Waals surface area contributed by atoms with Crippen molar-refractivity contribution < 1.29 is 13.5 Å². The molecule has 0 spiro atoms. The number of likely N-dealkylation sites (N-methyl/N-ethyl adjacent to an activating group) is 1. The number of hydrogen-bond acceptors (Lipinski definition) is 3. The molecule has 1 heterocycles. The molecule has 0 amide bonds. The van der Waals surface area contributed by atoms with Crippen LogP contribution < -0.4 is 5.32 Å². The molecule has 1 aliphatic heterocycles. The molecule has 5 heteroatoms. The van der Waals surface area contributed by atoms with Gasteiger partial charge < -0.3 is 10.1 Å². The normalized spacial score (nSPS) is 25.4. The molecule has 0 radical (unpaired) electrons. The third kappa shape index (κ3) is 3.97. The van der Waals surface area contributed by atoms with Crippen LogP contribution in [0.5, 0.6) is 0 Å². The van der Waals surface area contributed by atoms with Crippen LogP contribution in [0.25, 0.3) is 0 Å². The van der Waals surface area contributed by atoms with E-state index in [2.05, 4.69) is 5.32 Å². The number of hydrogen-bond donors (Lipinski definition) is 1. The highest BCUT2D eigenvalue weighted by Gasteiger charge is 2.21. The second-order valence-corrected chi connectivity index (χ2v) is 3.20. The molecule has 1 aliphatic rings. The average molecular weight is 194 g/mol. The summed E-state index contributed by atoms with van der Waals surface area (Å²) in [6.07, 6.45) is -2.19. The van der Waals surface area contributed by atoms with Gasteiger partial charge in [0.25, 0.3) is 6.43 Å². The van der Waals surface area contributed by atoms with Crippen LogP contribution in [0.2, 0.25) is 0 Å². The largest absolute Gasteiger partial charge is 0.374 e. The number of alkyl halides is 2. The van der Waals surface area contributed by atoms with Gasteiger partial charge in [0.2, 0.25) is 0 Å². The Hall–Kier alpha value is -0.260. The van der Waals surface area contributed by atoms with Crippen molar-refractivity contribution in [3.05, 3.63) is 0 Å². The molecule has 0 saturated carbocycles. The Morgan fingerprint density at radius 2 is 2.38 bits per heavy atom. The van der Waals surface area contributed by atoms with E-state index in [1.807, 2.05) is 7.05 Å². The molecule has 0 aromatic carbocycles. The summed E-state index contributed by atoms with van der Waals surface area (Å²) >= 11 is 0. The van der Waals surface area contributed by atoms with E-state index in [1.165, 1.54) is 0 Å². The lowest BCUT2D eigenvalue weighted by Crippen LogP contribution is -2.47. The fourth-order valence-corrected chi connectivity index (χ4v) is 1.49. The highest BCUT2D eigenvalue weighted by molar-refractivity contribution is 4.73. The fourth-order valence-electron chi connectivity index (χ4n) is 1.49. The van der Waals surface area contributed by atoms with Crippen LogP contribution in [0.3, 0.4) is 0 Å². The van der Waals surface area contributed by atoms with Gasteiger partial charge in [0.15, 0.2) is 0 Å². The summed E-state index contributed by atoms with van der Waals surface area (Å²) in [4.78, 5) is 1.75. The van der Waals surface area contributed by atoms with Gasteiger partial charge in [-0.25, -0.2) is 8.78 Å². The highest BCUT2D eigenvalue weighted by atomic mass is 19.3. The predicted octanol–water partition coefficient (Wildman–Crippen LogP) is 0.172. The third-order valence-electron chi connectivity index (χ3n) is 2.05. The van der Waals surface area contributed by atoms with E-state index in [1.54, 1.807) is 4.90 Å². The molecular weight excluding hydrogens is 178 g/mol. The standard InChI is InChI=1S/C8H16F2N2O/c1-11-4-7-5-12(2-3-13-7)6-8(9)10/h7-8,11H,2-6H2,1H3. The second kappa shape index (κ2) is 5.47. The lowest BCUT2D eigenvalue weighted by atomic mass is 10.2. The summed E-state index contributed by atoms with van der Waals surface area (Å²) in [6.45, 7) is 2.36. The van der Waals surface area contributed by atoms with Gasteiger partial charge >= 0.3 is 0 Å². The number of nitrogens with one attached hydrogen (secondary N) is 1. The third-order valence-corrected chi connectivity index (χ3v) is 2.05. The fraction of sp³-hybridized carbons (Fsp3) is 1.00. The molecule has 1 atom stereocenters. The monoisotopic (exact) mass is 194 g/mol. The summed E-state index contributed by atoms with van der Waals surface area (Å²) in [6, 6.07) is 0. The molecule has 13 heavy (non-hydrogen) atoms. The summed E-state index contributed by atoms with van der Waals surface area (Å²) in [5, 5.41) is 2.97. The number of nitrogens with zero attached hydrogens (tertiary/aromatic N) is 1. The SMILES string of the molecule is CNCC1CN(CC(F)F)CCO1. The first-order chi connectivity index (χ1) is 6.22. The van der Waals surface area contributed by atoms with E-state index >= 15 is 0 Å². The number of rotatable bonds is 4. The summed E-state index contributed by atoms with van der Waals surface area (Å²) in [7, 11) is 1.83. The van der Waals surface area contributed by atoms with Crippen molar-refractivity contribution in [2.24, 2.45) is 0 Å². The predicted molar refractivity (Wildman–Crippen MR) is 46.1 cm³/mol. The number of morpholine rings is 1. The minimum atomic E-state index is -2.24. The van der Waals surface area contributed by atoms with Crippen LogP contribution in [0, 0.1) is 0 Å². The van der Waals surface area contributed by atoms with Gasteiger partial charge in [0.1, 0.15) is 0 Å². The topological polar surface area (TPSA) is 24.5 Å². The Balaban J connectivity index is 2.24. The molecule has 1 fully saturated rings. The zero-order valence-electron chi connectivity index (χ0n) is 7.80. The zero-order chi connectivity index (χ0) is 9.68. The van der Waals surface area contributed by atoms with Gasteiger partial charge in [-0.05, 0) is 7.05 Å². The average Bonchev–Trinajstić information content (AvgIpc) is 2.04. The Morgan fingerprint density at radius 1 is 1.62 bits per heavy atom. The van der Waals surface area contributed by atoms with Crippen LogP contribution in [0.1, 0.15) is 0 Å². The second-order valence-electron chi connectivity index (χ2n) is 3.20. The molecule has 3 nitrogen and oxygen atoms in total. The maximum absolute atomic E-state index is 12.0. The zero-order valence-corrected chi connectivity index (χ0v) is 7.80. The van der Waals surface area contributed by atoms with Crippen molar-refractivity contribution in [1.82, 2.24) is 10.2 Å². The van der Waals surface area contributed by atoms with Crippen molar-refractivity contribution in [1.29, 1.82) is 0 Å². The van der Waals surface area contributed by atoms with Crippen LogP contribution in [-0.4, -0.2) is 57.3 Å². The van der Waals surface area contributed by atoms with Gasteiger partial charge in [-0.15, -0.1) is 0 Å². The summed E-state index contributed by atoms with van der Waals surface area (Å²) < 4.78 is 29.4. The van der Waals surface area contributed by atoms with Gasteiger partial charge in [0, 0.05) is 19.6 Å². The summed E-state index contributed by atoms with van der Waals surface area (Å²) in [5.74, 6) is 0. The van der Waals surface area contributed by atoms with Crippen molar-refractivity contribution in [3.8, 4) is 0 Å². The number of halogens is 2. The minimum absolute atomic E-state index is 0.0532. The maximum atomic E-state index is 12.0. The van der Waals surface area contributed by atoms with E-state index in [-0.39, 0.29) is 12.6 Å². The first-order valence-corrected chi connectivity index (χ1v) is 4.49. The molecule has 0 bridgehead atoms. The first-order valence-electron chi connectivity index (χ1n) is 4.49. The van der Waals surface area contributed by atoms with Crippen LogP contribution in [0.15, 0.2) is 0 Å². The van der Waals surface area contributed by atoms with E-state index in [9.17, 15) is 8.78 Å².